The van der Waals surface area contributed by atoms with Gasteiger partial charge in [0.2, 0.25) is 0 Å². The fourth-order valence-corrected chi connectivity index (χ4v) is 3.01. The van der Waals surface area contributed by atoms with E-state index in [0.717, 1.165) is 13.7 Å². The zero-order valence-electron chi connectivity index (χ0n) is 6.38. The Morgan fingerprint density at radius 2 is 2.31 bits per heavy atom. The zero-order valence-corrected chi connectivity index (χ0v) is 9.36. The summed E-state index contributed by atoms with van der Waals surface area (Å²) in [6.07, 6.45) is 0.574. The van der Waals surface area contributed by atoms with Crippen LogP contribution in [0.1, 0.15) is 10.4 Å². The van der Waals surface area contributed by atoms with Crippen molar-refractivity contribution >= 4 is 50.3 Å². The summed E-state index contributed by atoms with van der Waals surface area (Å²) in [5.74, 6) is -0.436. The molecule has 2 rings (SSSR count). The van der Waals surface area contributed by atoms with Gasteiger partial charge in [-0.2, -0.15) is 0 Å². The molecule has 66 valence electrons. The number of rotatable bonds is 1. The fraction of sp³-hybridized carbons (Fsp3) is 0. The highest BCUT2D eigenvalue weighted by molar-refractivity contribution is 14.1. The fourth-order valence-electron chi connectivity index (χ4n) is 1.19. The maximum Gasteiger partial charge on any atom is 0.154 e. The van der Waals surface area contributed by atoms with Crippen molar-refractivity contribution in [2.45, 2.75) is 0 Å². The Kier molecular flexibility index (Phi) is 2.33. The monoisotopic (exact) mass is 306 g/mol. The Balaban J connectivity index is 2.96. The third kappa shape index (κ3) is 1.38. The first-order valence-electron chi connectivity index (χ1n) is 3.54. The molecule has 0 radical (unpaired) electrons. The first-order valence-corrected chi connectivity index (χ1v) is 5.50. The lowest BCUT2D eigenvalue weighted by atomic mass is 10.2. The molecule has 13 heavy (non-hydrogen) atoms. The minimum atomic E-state index is -0.436. The number of hydrogen-bond acceptors (Lipinski definition) is 2. The van der Waals surface area contributed by atoms with E-state index < -0.39 is 5.82 Å². The van der Waals surface area contributed by atoms with E-state index in [9.17, 15) is 9.18 Å². The number of thiophene rings is 1. The van der Waals surface area contributed by atoms with Crippen LogP contribution >= 0.6 is 33.9 Å². The number of fused-ring (bicyclic) bond motifs is 1. The van der Waals surface area contributed by atoms with Crippen LogP contribution in [0.4, 0.5) is 4.39 Å². The van der Waals surface area contributed by atoms with E-state index in [1.807, 2.05) is 11.4 Å². The highest BCUT2D eigenvalue weighted by Gasteiger charge is 2.10. The van der Waals surface area contributed by atoms with E-state index in [1.165, 1.54) is 17.4 Å². The van der Waals surface area contributed by atoms with E-state index in [4.69, 9.17) is 0 Å². The molecule has 0 saturated carbocycles. The first-order chi connectivity index (χ1) is 6.24. The molecule has 0 unspecified atom stereocenters. The van der Waals surface area contributed by atoms with Crippen LogP contribution in [-0.2, 0) is 0 Å². The van der Waals surface area contributed by atoms with Crippen LogP contribution in [0, 0.1) is 9.39 Å². The second kappa shape index (κ2) is 3.34. The number of benzene rings is 1. The van der Waals surface area contributed by atoms with Gasteiger partial charge in [0.25, 0.3) is 0 Å². The summed E-state index contributed by atoms with van der Waals surface area (Å²) in [6, 6.07) is 3.29. The number of aldehydes is 1. The van der Waals surface area contributed by atoms with E-state index in [-0.39, 0.29) is 5.56 Å². The van der Waals surface area contributed by atoms with Crippen molar-refractivity contribution in [2.75, 3.05) is 0 Å². The summed E-state index contributed by atoms with van der Waals surface area (Å²) < 4.78 is 14.8. The average molecular weight is 306 g/mol. The third-order valence-corrected chi connectivity index (χ3v) is 3.64. The molecule has 2 aromatic rings. The van der Waals surface area contributed by atoms with Gasteiger partial charge in [-0.1, -0.05) is 0 Å². The highest BCUT2D eigenvalue weighted by Crippen LogP contribution is 2.29. The Morgan fingerprint density at radius 3 is 3.00 bits per heavy atom. The van der Waals surface area contributed by atoms with Crippen LogP contribution in [0.3, 0.4) is 0 Å². The van der Waals surface area contributed by atoms with Crippen molar-refractivity contribution < 1.29 is 9.18 Å². The van der Waals surface area contributed by atoms with Gasteiger partial charge in [-0.05, 0) is 40.1 Å². The van der Waals surface area contributed by atoms with E-state index in [1.54, 1.807) is 0 Å². The molecule has 1 aromatic carbocycles. The molecule has 0 aliphatic rings. The topological polar surface area (TPSA) is 17.1 Å². The molecule has 0 spiro atoms. The second-order valence-corrected chi connectivity index (χ2v) is 4.61. The standard InChI is InChI=1S/C9H4FIOS/c10-7-3-8(11)5-1-2-13-9(5)6(7)4-12/h1-4H. The van der Waals surface area contributed by atoms with Gasteiger partial charge in [0.1, 0.15) is 5.82 Å². The van der Waals surface area contributed by atoms with Crippen molar-refractivity contribution in [1.82, 2.24) is 0 Å². The SMILES string of the molecule is O=Cc1c(F)cc(I)c2ccsc12. The van der Waals surface area contributed by atoms with Crippen molar-refractivity contribution in [3.63, 3.8) is 0 Å². The molecule has 1 heterocycles. The van der Waals surface area contributed by atoms with E-state index in [2.05, 4.69) is 22.6 Å². The van der Waals surface area contributed by atoms with Gasteiger partial charge in [-0.25, -0.2) is 4.39 Å². The molecule has 1 nitrogen and oxygen atoms in total. The smallest absolute Gasteiger partial charge is 0.154 e. The highest BCUT2D eigenvalue weighted by atomic mass is 127. The minimum absolute atomic E-state index is 0.172. The van der Waals surface area contributed by atoms with Crippen LogP contribution in [0.2, 0.25) is 0 Å². The summed E-state index contributed by atoms with van der Waals surface area (Å²) in [4.78, 5) is 10.6. The first kappa shape index (κ1) is 9.08. The van der Waals surface area contributed by atoms with Gasteiger partial charge in [-0.3, -0.25) is 4.79 Å². The lowest BCUT2D eigenvalue weighted by molar-refractivity contribution is 0.112. The van der Waals surface area contributed by atoms with Gasteiger partial charge < -0.3 is 0 Å². The van der Waals surface area contributed by atoms with Crippen LogP contribution in [0.15, 0.2) is 17.5 Å². The average Bonchev–Trinajstić information content (AvgIpc) is 2.53. The summed E-state index contributed by atoms with van der Waals surface area (Å²) in [7, 11) is 0. The van der Waals surface area contributed by atoms with Gasteiger partial charge >= 0.3 is 0 Å². The largest absolute Gasteiger partial charge is 0.298 e. The summed E-state index contributed by atoms with van der Waals surface area (Å²) in [5, 5.41) is 2.81. The van der Waals surface area contributed by atoms with Crippen LogP contribution < -0.4 is 0 Å². The third-order valence-electron chi connectivity index (χ3n) is 1.80. The Hall–Kier alpha value is -0.490. The molecule has 0 amide bonds. The number of hydrogen-bond donors (Lipinski definition) is 0. The molecule has 1 aromatic heterocycles. The van der Waals surface area contributed by atoms with Crippen LogP contribution in [-0.4, -0.2) is 6.29 Å². The molecule has 0 bridgehead atoms. The van der Waals surface area contributed by atoms with Gasteiger partial charge in [0, 0.05) is 13.7 Å². The lowest BCUT2D eigenvalue weighted by Crippen LogP contribution is -1.89. The lowest BCUT2D eigenvalue weighted by Gasteiger charge is -1.99. The predicted molar refractivity (Wildman–Crippen MR) is 59.9 cm³/mol. The molecule has 4 heteroatoms. The minimum Gasteiger partial charge on any atom is -0.298 e. The van der Waals surface area contributed by atoms with Gasteiger partial charge in [0.05, 0.1) is 5.56 Å². The Morgan fingerprint density at radius 1 is 1.54 bits per heavy atom. The molecular formula is C9H4FIOS. The summed E-state index contributed by atoms with van der Waals surface area (Å²) in [6.45, 7) is 0. The maximum absolute atomic E-state index is 13.2. The molecule has 0 saturated heterocycles. The van der Waals surface area contributed by atoms with Crippen molar-refractivity contribution in [3.8, 4) is 0 Å². The Bertz CT molecular complexity index is 478. The molecule has 0 fully saturated rings. The normalized spacial score (nSPS) is 10.6. The van der Waals surface area contributed by atoms with Crippen LogP contribution in [0.5, 0.6) is 0 Å². The molecule has 0 aliphatic heterocycles. The summed E-state index contributed by atoms with van der Waals surface area (Å²) >= 11 is 3.45. The maximum atomic E-state index is 13.2. The zero-order chi connectivity index (χ0) is 9.42. The van der Waals surface area contributed by atoms with Crippen LogP contribution in [0.25, 0.3) is 10.1 Å². The molecule has 0 aliphatic carbocycles. The predicted octanol–water partition coefficient (Wildman–Crippen LogP) is 3.46. The van der Waals surface area contributed by atoms with E-state index in [0.29, 0.717) is 6.29 Å². The van der Waals surface area contributed by atoms with Crippen molar-refractivity contribution in [1.29, 1.82) is 0 Å². The quantitative estimate of drug-likeness (QED) is 0.582. The second-order valence-electron chi connectivity index (χ2n) is 2.54. The van der Waals surface area contributed by atoms with Gasteiger partial charge in [-0.15, -0.1) is 11.3 Å². The Labute approximate surface area is 91.7 Å². The number of carbonyl (C=O) groups is 1. The number of carbonyl (C=O) groups excluding carboxylic acids is 1. The summed E-state index contributed by atoms with van der Waals surface area (Å²) in [5.41, 5.74) is 0.172. The van der Waals surface area contributed by atoms with E-state index >= 15 is 0 Å². The van der Waals surface area contributed by atoms with Crippen molar-refractivity contribution in [2.24, 2.45) is 0 Å². The van der Waals surface area contributed by atoms with Gasteiger partial charge in [0.15, 0.2) is 6.29 Å². The van der Waals surface area contributed by atoms with Crippen molar-refractivity contribution in [3.05, 3.63) is 32.5 Å². The molecule has 0 atom stereocenters. The molecular weight excluding hydrogens is 302 g/mol. The molecule has 0 N–H and O–H groups in total. The number of halogens is 2.